The van der Waals surface area contributed by atoms with Crippen LogP contribution in [0.15, 0.2) is 84.0 Å². The maximum absolute atomic E-state index is 12.4. The van der Waals surface area contributed by atoms with Gasteiger partial charge in [0.1, 0.15) is 12.4 Å². The summed E-state index contributed by atoms with van der Waals surface area (Å²) in [7, 11) is 0. The summed E-state index contributed by atoms with van der Waals surface area (Å²) in [6, 6.07) is 24.0. The number of hydrogen-bond donors (Lipinski definition) is 1. The Balaban J connectivity index is 1.67. The summed E-state index contributed by atoms with van der Waals surface area (Å²) < 4.78 is 5.79. The first-order chi connectivity index (χ1) is 12.7. The smallest absolute Gasteiger partial charge is 0.275 e. The number of nitrogens with zero attached hydrogens (tertiary/aromatic N) is 1. The molecule has 0 saturated carbocycles. The third-order valence-electron chi connectivity index (χ3n) is 3.65. The highest BCUT2D eigenvalue weighted by atomic mass is 35.5. The molecule has 3 aromatic carbocycles. The van der Waals surface area contributed by atoms with Crippen molar-refractivity contribution < 1.29 is 9.53 Å². The lowest BCUT2D eigenvalue weighted by molar-refractivity contribution is 0.0950. The lowest BCUT2D eigenvalue weighted by Crippen LogP contribution is -2.18. The number of hydrazone groups is 1. The van der Waals surface area contributed by atoms with Gasteiger partial charge in [-0.2, -0.15) is 5.10 Å². The zero-order chi connectivity index (χ0) is 18.2. The molecule has 0 atom stereocenters. The Labute approximate surface area is 157 Å². The lowest BCUT2D eigenvalue weighted by Gasteiger charge is -2.11. The molecule has 4 nitrogen and oxygen atoms in total. The number of carbonyl (C=O) groups is 1. The number of carbonyl (C=O) groups excluding carboxylic acids is 1. The van der Waals surface area contributed by atoms with Gasteiger partial charge in [-0.25, -0.2) is 5.43 Å². The standard InChI is InChI=1S/C21H17ClN2O2/c22-19-12-6-4-10-17(19)15-26-20-13-7-5-11-18(20)21(25)24-23-14-16-8-2-1-3-9-16/h1-14H,15H2,(H,24,25)/b23-14+. The molecule has 0 unspecified atom stereocenters. The zero-order valence-corrected chi connectivity index (χ0v) is 14.7. The molecule has 3 rings (SSSR count). The molecule has 0 aliphatic heterocycles. The number of halogens is 1. The molecule has 1 amide bonds. The monoisotopic (exact) mass is 364 g/mol. The van der Waals surface area contributed by atoms with E-state index < -0.39 is 0 Å². The zero-order valence-electron chi connectivity index (χ0n) is 13.9. The molecular weight excluding hydrogens is 348 g/mol. The van der Waals surface area contributed by atoms with Crippen molar-refractivity contribution in [1.82, 2.24) is 5.43 Å². The Morgan fingerprint density at radius 3 is 2.46 bits per heavy atom. The third kappa shape index (κ3) is 4.71. The molecular formula is C21H17ClN2O2. The molecule has 0 aliphatic rings. The molecule has 26 heavy (non-hydrogen) atoms. The Kier molecular flexibility index (Phi) is 6.01. The van der Waals surface area contributed by atoms with Gasteiger partial charge in [0, 0.05) is 10.6 Å². The fourth-order valence-electron chi connectivity index (χ4n) is 2.32. The largest absolute Gasteiger partial charge is 0.488 e. The van der Waals surface area contributed by atoms with E-state index >= 15 is 0 Å². The summed E-state index contributed by atoms with van der Waals surface area (Å²) >= 11 is 6.14. The Hall–Kier alpha value is -3.11. The van der Waals surface area contributed by atoms with Crippen molar-refractivity contribution in [2.45, 2.75) is 6.61 Å². The van der Waals surface area contributed by atoms with Crippen molar-refractivity contribution in [1.29, 1.82) is 0 Å². The number of para-hydroxylation sites is 1. The second kappa shape index (κ2) is 8.83. The lowest BCUT2D eigenvalue weighted by atomic mass is 10.2. The average molecular weight is 365 g/mol. The van der Waals surface area contributed by atoms with Gasteiger partial charge < -0.3 is 4.74 Å². The van der Waals surface area contributed by atoms with Gasteiger partial charge in [-0.1, -0.05) is 72.3 Å². The summed E-state index contributed by atoms with van der Waals surface area (Å²) in [5.74, 6) is 0.131. The van der Waals surface area contributed by atoms with Gasteiger partial charge in [-0.15, -0.1) is 0 Å². The van der Waals surface area contributed by atoms with Crippen LogP contribution in [-0.2, 0) is 6.61 Å². The highest BCUT2D eigenvalue weighted by molar-refractivity contribution is 6.31. The fourth-order valence-corrected chi connectivity index (χ4v) is 2.51. The van der Waals surface area contributed by atoms with Crippen LogP contribution in [0.4, 0.5) is 0 Å². The summed E-state index contributed by atoms with van der Waals surface area (Å²) in [4.78, 5) is 12.4. The van der Waals surface area contributed by atoms with Gasteiger partial charge in [0.2, 0.25) is 0 Å². The summed E-state index contributed by atoms with van der Waals surface area (Å²) in [6.07, 6.45) is 1.59. The molecule has 130 valence electrons. The molecule has 0 fully saturated rings. The minimum atomic E-state index is -0.341. The Bertz CT molecular complexity index is 911. The van der Waals surface area contributed by atoms with Crippen molar-refractivity contribution in [3.05, 3.63) is 101 Å². The Morgan fingerprint density at radius 2 is 1.65 bits per heavy atom. The van der Waals surface area contributed by atoms with Crippen LogP contribution in [0.2, 0.25) is 5.02 Å². The number of hydrogen-bond acceptors (Lipinski definition) is 3. The van der Waals surface area contributed by atoms with E-state index in [2.05, 4.69) is 10.5 Å². The predicted octanol–water partition coefficient (Wildman–Crippen LogP) is 4.68. The molecule has 0 radical (unpaired) electrons. The molecule has 5 heteroatoms. The van der Waals surface area contributed by atoms with Gasteiger partial charge in [0.05, 0.1) is 11.8 Å². The van der Waals surface area contributed by atoms with Crippen LogP contribution < -0.4 is 10.2 Å². The van der Waals surface area contributed by atoms with Gasteiger partial charge in [0.25, 0.3) is 5.91 Å². The van der Waals surface area contributed by atoms with Crippen molar-refractivity contribution in [3.63, 3.8) is 0 Å². The predicted molar refractivity (Wildman–Crippen MR) is 104 cm³/mol. The molecule has 1 N–H and O–H groups in total. The third-order valence-corrected chi connectivity index (χ3v) is 4.02. The maximum Gasteiger partial charge on any atom is 0.275 e. The minimum Gasteiger partial charge on any atom is -0.488 e. The van der Waals surface area contributed by atoms with Crippen LogP contribution in [0, 0.1) is 0 Å². The van der Waals surface area contributed by atoms with Crippen molar-refractivity contribution >= 4 is 23.7 Å². The Morgan fingerprint density at radius 1 is 0.962 bits per heavy atom. The highest BCUT2D eigenvalue weighted by Gasteiger charge is 2.12. The van der Waals surface area contributed by atoms with Crippen molar-refractivity contribution in [2.24, 2.45) is 5.10 Å². The number of amides is 1. The van der Waals surface area contributed by atoms with Gasteiger partial charge in [0.15, 0.2) is 0 Å². The number of ether oxygens (including phenoxy) is 1. The summed E-state index contributed by atoms with van der Waals surface area (Å²) in [5, 5.41) is 4.62. The van der Waals surface area contributed by atoms with E-state index in [0.29, 0.717) is 16.3 Å². The van der Waals surface area contributed by atoms with E-state index in [4.69, 9.17) is 16.3 Å². The topological polar surface area (TPSA) is 50.7 Å². The van der Waals surface area contributed by atoms with E-state index in [1.54, 1.807) is 30.5 Å². The maximum atomic E-state index is 12.4. The second-order valence-electron chi connectivity index (χ2n) is 5.49. The first-order valence-corrected chi connectivity index (χ1v) is 8.45. The van der Waals surface area contributed by atoms with E-state index in [-0.39, 0.29) is 12.5 Å². The normalized spacial score (nSPS) is 10.7. The van der Waals surface area contributed by atoms with Crippen LogP contribution in [-0.4, -0.2) is 12.1 Å². The molecule has 0 aromatic heterocycles. The molecule has 0 bridgehead atoms. The summed E-state index contributed by atoms with van der Waals surface area (Å²) in [6.45, 7) is 0.275. The molecule has 0 saturated heterocycles. The van der Waals surface area contributed by atoms with Gasteiger partial charge in [-0.05, 0) is 23.8 Å². The molecule has 0 aliphatic carbocycles. The van der Waals surface area contributed by atoms with E-state index in [9.17, 15) is 4.79 Å². The number of nitrogens with one attached hydrogen (secondary N) is 1. The van der Waals surface area contributed by atoms with E-state index in [0.717, 1.165) is 11.1 Å². The van der Waals surface area contributed by atoms with Crippen LogP contribution >= 0.6 is 11.6 Å². The summed E-state index contributed by atoms with van der Waals surface area (Å²) in [5.41, 5.74) is 4.68. The van der Waals surface area contributed by atoms with Crippen molar-refractivity contribution in [2.75, 3.05) is 0 Å². The first-order valence-electron chi connectivity index (χ1n) is 8.08. The van der Waals surface area contributed by atoms with Crippen LogP contribution in [0.25, 0.3) is 0 Å². The van der Waals surface area contributed by atoms with E-state index in [1.807, 2.05) is 54.6 Å². The second-order valence-corrected chi connectivity index (χ2v) is 5.89. The van der Waals surface area contributed by atoms with Gasteiger partial charge in [-0.3, -0.25) is 4.79 Å². The fraction of sp³-hybridized carbons (Fsp3) is 0.0476. The first kappa shape index (κ1) is 17.7. The average Bonchev–Trinajstić information content (AvgIpc) is 2.68. The number of rotatable bonds is 6. The van der Waals surface area contributed by atoms with Gasteiger partial charge >= 0.3 is 0 Å². The molecule has 3 aromatic rings. The van der Waals surface area contributed by atoms with Crippen molar-refractivity contribution in [3.8, 4) is 5.75 Å². The molecule has 0 spiro atoms. The van der Waals surface area contributed by atoms with Crippen LogP contribution in [0.5, 0.6) is 5.75 Å². The number of benzene rings is 3. The quantitative estimate of drug-likeness (QED) is 0.510. The SMILES string of the molecule is O=C(N/N=C/c1ccccc1)c1ccccc1OCc1ccccc1Cl. The highest BCUT2D eigenvalue weighted by Crippen LogP contribution is 2.22. The minimum absolute atomic E-state index is 0.275. The van der Waals surface area contributed by atoms with E-state index in [1.165, 1.54) is 0 Å². The van der Waals surface area contributed by atoms with Crippen LogP contribution in [0.3, 0.4) is 0 Å². The molecule has 0 heterocycles. The van der Waals surface area contributed by atoms with Crippen LogP contribution in [0.1, 0.15) is 21.5 Å².